The Hall–Kier alpha value is -0.500. The zero-order chi connectivity index (χ0) is 11.9. The van der Waals surface area contributed by atoms with Crippen molar-refractivity contribution in [2.75, 3.05) is 0 Å². The number of hydrogen-bond acceptors (Lipinski definition) is 1. The highest BCUT2D eigenvalue weighted by atomic mass is 32.1. The van der Waals surface area contributed by atoms with Crippen LogP contribution in [-0.4, -0.2) is 10.6 Å². The smallest absolute Gasteiger partial charge is 0.221 e. The van der Waals surface area contributed by atoms with Gasteiger partial charge in [0.1, 0.15) is 0 Å². The van der Waals surface area contributed by atoms with Gasteiger partial charge in [-0.3, -0.25) is 0 Å². The lowest BCUT2D eigenvalue weighted by Crippen LogP contribution is -2.29. The van der Waals surface area contributed by atoms with E-state index >= 15 is 0 Å². The van der Waals surface area contributed by atoms with Crippen LogP contribution in [0.25, 0.3) is 0 Å². The summed E-state index contributed by atoms with van der Waals surface area (Å²) < 4.78 is 5.98. The van der Waals surface area contributed by atoms with E-state index < -0.39 is 0 Å². The third-order valence-electron chi connectivity index (χ3n) is 2.44. The molecule has 0 unspecified atom stereocenters. The monoisotopic (exact) mass is 225 g/mol. The minimum Gasteiger partial charge on any atom is -0.221 e. The SMILES string of the molecule is CC(C)(C)C1=CC(=S)CC(C(C)(C)C)=[O+]1. The van der Waals surface area contributed by atoms with Crippen LogP contribution >= 0.6 is 12.2 Å². The van der Waals surface area contributed by atoms with E-state index in [1.165, 1.54) is 0 Å². The molecule has 0 bridgehead atoms. The van der Waals surface area contributed by atoms with E-state index in [1.54, 1.807) is 0 Å². The number of allylic oxidation sites excluding steroid dienone is 2. The van der Waals surface area contributed by atoms with Crippen LogP contribution in [0, 0.1) is 10.8 Å². The second-order valence-electron chi connectivity index (χ2n) is 6.18. The molecular formula is C13H21OS+. The molecule has 0 aromatic carbocycles. The van der Waals surface area contributed by atoms with Gasteiger partial charge in [-0.2, -0.15) is 0 Å². The molecule has 1 nitrogen and oxygen atoms in total. The fraction of sp³-hybridized carbons (Fsp3) is 0.692. The normalized spacial score (nSPS) is 18.7. The van der Waals surface area contributed by atoms with Crippen LogP contribution in [0.2, 0.25) is 0 Å². The molecule has 0 aromatic rings. The van der Waals surface area contributed by atoms with Crippen LogP contribution in [-0.2, 0) is 4.42 Å². The third kappa shape index (κ3) is 3.23. The summed E-state index contributed by atoms with van der Waals surface area (Å²) in [5, 5.41) is 0. The maximum absolute atomic E-state index is 5.98. The molecule has 15 heavy (non-hydrogen) atoms. The molecule has 0 aliphatic carbocycles. The van der Waals surface area contributed by atoms with E-state index in [1.807, 2.05) is 6.08 Å². The molecule has 0 amide bonds. The molecule has 0 fully saturated rings. The van der Waals surface area contributed by atoms with Crippen molar-refractivity contribution in [3.63, 3.8) is 0 Å². The van der Waals surface area contributed by atoms with Gasteiger partial charge in [-0.1, -0.05) is 12.2 Å². The third-order valence-corrected chi connectivity index (χ3v) is 2.70. The molecule has 0 saturated heterocycles. The molecule has 0 N–H and O–H groups in total. The van der Waals surface area contributed by atoms with Gasteiger partial charge in [0.2, 0.25) is 0 Å². The summed E-state index contributed by atoms with van der Waals surface area (Å²) in [7, 11) is 0. The van der Waals surface area contributed by atoms with Gasteiger partial charge >= 0.3 is 11.5 Å². The first kappa shape index (κ1) is 12.6. The Kier molecular flexibility index (Phi) is 3.20. The summed E-state index contributed by atoms with van der Waals surface area (Å²) in [6.07, 6.45) is 2.79. The van der Waals surface area contributed by atoms with E-state index in [-0.39, 0.29) is 10.8 Å². The zero-order valence-electron chi connectivity index (χ0n) is 10.6. The van der Waals surface area contributed by atoms with Gasteiger partial charge in [0.15, 0.2) is 0 Å². The first-order valence-electron chi connectivity index (χ1n) is 5.40. The Bertz CT molecular complexity index is 335. The molecule has 1 heterocycles. The van der Waals surface area contributed by atoms with E-state index in [0.717, 1.165) is 22.8 Å². The molecule has 84 valence electrons. The van der Waals surface area contributed by atoms with Crippen molar-refractivity contribution in [3.05, 3.63) is 11.8 Å². The highest BCUT2D eigenvalue weighted by Crippen LogP contribution is 2.30. The van der Waals surface area contributed by atoms with Crippen molar-refractivity contribution in [2.24, 2.45) is 10.8 Å². The Balaban J connectivity index is 3.11. The second kappa shape index (κ2) is 3.82. The Morgan fingerprint density at radius 2 is 1.60 bits per heavy atom. The van der Waals surface area contributed by atoms with Gasteiger partial charge in [0, 0.05) is 4.86 Å². The predicted molar refractivity (Wildman–Crippen MR) is 69.2 cm³/mol. The van der Waals surface area contributed by atoms with Crippen molar-refractivity contribution < 1.29 is 4.42 Å². The second-order valence-corrected chi connectivity index (χ2v) is 6.70. The lowest BCUT2D eigenvalue weighted by molar-refractivity contribution is -0.419. The first-order chi connectivity index (χ1) is 6.60. The molecule has 0 saturated carbocycles. The number of hydrogen-bond donors (Lipinski definition) is 0. The number of carbonyl (C=O) groups excluding carboxylic acids is 1. The van der Waals surface area contributed by atoms with Crippen molar-refractivity contribution in [1.82, 2.24) is 0 Å². The number of rotatable bonds is 0. The molecule has 0 spiro atoms. The molecule has 1 aliphatic heterocycles. The van der Waals surface area contributed by atoms with Crippen LogP contribution in [0.5, 0.6) is 0 Å². The van der Waals surface area contributed by atoms with Crippen LogP contribution < -0.4 is 0 Å². The maximum atomic E-state index is 5.98. The summed E-state index contributed by atoms with van der Waals surface area (Å²) in [6.45, 7) is 12.9. The lowest BCUT2D eigenvalue weighted by Gasteiger charge is -2.18. The fourth-order valence-corrected chi connectivity index (χ4v) is 1.58. The fourth-order valence-electron chi connectivity index (χ4n) is 1.34. The Labute approximate surface area is 98.3 Å². The quantitative estimate of drug-likeness (QED) is 0.450. The molecule has 1 rings (SSSR count). The molecule has 0 radical (unpaired) electrons. The van der Waals surface area contributed by atoms with Crippen LogP contribution in [0.4, 0.5) is 0 Å². The maximum Gasteiger partial charge on any atom is 0.335 e. The summed E-state index contributed by atoms with van der Waals surface area (Å²) >= 11 is 5.32. The average Bonchev–Trinajstić information content (AvgIpc) is 1.99. The van der Waals surface area contributed by atoms with Crippen LogP contribution in [0.1, 0.15) is 48.0 Å². The van der Waals surface area contributed by atoms with Gasteiger partial charge < -0.3 is 0 Å². The Morgan fingerprint density at radius 3 is 2.00 bits per heavy atom. The topological polar surface area (TPSA) is 11.3 Å². The van der Waals surface area contributed by atoms with E-state index in [4.69, 9.17) is 16.6 Å². The van der Waals surface area contributed by atoms with Crippen molar-refractivity contribution in [2.45, 2.75) is 48.0 Å². The summed E-state index contributed by atoms with van der Waals surface area (Å²) in [4.78, 5) is 0.983. The number of ketones is 1. The van der Waals surface area contributed by atoms with Gasteiger partial charge in [0.25, 0.3) is 0 Å². The average molecular weight is 225 g/mol. The lowest BCUT2D eigenvalue weighted by atomic mass is 9.85. The zero-order valence-corrected chi connectivity index (χ0v) is 11.4. The number of thiocarbonyl (C=S) groups is 1. The molecule has 0 aromatic heterocycles. The summed E-state index contributed by atoms with van der Waals surface area (Å²) in [5.41, 5.74) is 0.0931. The van der Waals surface area contributed by atoms with Crippen molar-refractivity contribution >= 4 is 22.9 Å². The van der Waals surface area contributed by atoms with E-state index in [0.29, 0.717) is 0 Å². The van der Waals surface area contributed by atoms with Gasteiger partial charge in [-0.15, -0.1) is 0 Å². The highest BCUT2D eigenvalue weighted by molar-refractivity contribution is 7.80. The standard InChI is InChI=1S/C13H21OS/c1-12(2,3)10-7-9(15)8-11(14-10)13(4,5)6/h7H,8H2,1-6H3/q+1. The highest BCUT2D eigenvalue weighted by Gasteiger charge is 2.38. The van der Waals surface area contributed by atoms with Gasteiger partial charge in [-0.05, 0) is 41.5 Å². The molecule has 1 aliphatic rings. The minimum absolute atomic E-state index is 0.0287. The Morgan fingerprint density at radius 1 is 1.07 bits per heavy atom. The van der Waals surface area contributed by atoms with Crippen molar-refractivity contribution in [1.29, 1.82) is 0 Å². The predicted octanol–water partition coefficient (Wildman–Crippen LogP) is 3.84. The molecule has 2 heteroatoms. The molecule has 0 atom stereocenters. The molecular weight excluding hydrogens is 204 g/mol. The van der Waals surface area contributed by atoms with Gasteiger partial charge in [0.05, 0.1) is 23.3 Å². The largest absolute Gasteiger partial charge is 0.335 e. The van der Waals surface area contributed by atoms with E-state index in [9.17, 15) is 0 Å². The summed E-state index contributed by atoms with van der Waals surface area (Å²) in [5.74, 6) is 2.07. The van der Waals surface area contributed by atoms with Crippen LogP contribution in [0.3, 0.4) is 0 Å². The first-order valence-corrected chi connectivity index (χ1v) is 5.81. The minimum atomic E-state index is 0.0287. The van der Waals surface area contributed by atoms with Crippen LogP contribution in [0.15, 0.2) is 11.8 Å². The van der Waals surface area contributed by atoms with Crippen molar-refractivity contribution in [3.8, 4) is 0 Å². The summed E-state index contributed by atoms with van der Waals surface area (Å²) in [6, 6.07) is 0. The van der Waals surface area contributed by atoms with E-state index in [2.05, 4.69) is 41.5 Å². The van der Waals surface area contributed by atoms with Gasteiger partial charge in [-0.25, -0.2) is 4.42 Å².